The molecule has 1 fully saturated rings. The molecule has 2 rings (SSSR count). The molecule has 3 unspecified atom stereocenters. The highest BCUT2D eigenvalue weighted by Gasteiger charge is 2.26. The number of nitrogen functional groups attached to an aromatic ring is 1. The topological polar surface area (TPSA) is 85.4 Å². The molecule has 0 spiro atoms. The molecule has 104 valence electrons. The van der Waals surface area contributed by atoms with Crippen molar-refractivity contribution in [2.45, 2.75) is 39.2 Å². The van der Waals surface area contributed by atoms with Gasteiger partial charge in [-0.1, -0.05) is 13.8 Å². The van der Waals surface area contributed by atoms with Gasteiger partial charge in [0.1, 0.15) is 6.10 Å². The lowest BCUT2D eigenvalue weighted by atomic mass is 9.80. The number of rotatable bonds is 3. The van der Waals surface area contributed by atoms with Crippen LogP contribution < -0.4 is 10.5 Å². The van der Waals surface area contributed by atoms with E-state index in [2.05, 4.69) is 18.8 Å². The summed E-state index contributed by atoms with van der Waals surface area (Å²) in [7, 11) is 0. The van der Waals surface area contributed by atoms with E-state index in [9.17, 15) is 4.79 Å². The zero-order valence-electron chi connectivity index (χ0n) is 11.3. The highest BCUT2D eigenvalue weighted by Crippen LogP contribution is 2.31. The number of ether oxygens (including phenoxy) is 1. The lowest BCUT2D eigenvalue weighted by Gasteiger charge is -2.31. The number of pyridine rings is 1. The average Bonchev–Trinajstić information content (AvgIpc) is 2.36. The van der Waals surface area contributed by atoms with Gasteiger partial charge in [-0.15, -0.1) is 0 Å². The largest absolute Gasteiger partial charge is 0.478 e. The van der Waals surface area contributed by atoms with Crippen molar-refractivity contribution in [3.05, 3.63) is 17.8 Å². The van der Waals surface area contributed by atoms with E-state index in [0.29, 0.717) is 17.7 Å². The Balaban J connectivity index is 2.07. The number of aromatic nitrogens is 1. The molecule has 0 amide bonds. The number of nitrogens with zero attached hydrogens (tertiary/aromatic N) is 1. The molecular formula is C14H20N2O3. The standard InChI is InChI=1S/C14H20N2O3/c1-8-3-4-10(5-9(8)2)19-13-6-11(14(17)18)12(15)7-16-13/h6-10H,3-5,15H2,1-2H3,(H,17,18). The molecule has 0 aliphatic heterocycles. The van der Waals surface area contributed by atoms with Gasteiger partial charge >= 0.3 is 5.97 Å². The van der Waals surface area contributed by atoms with E-state index in [1.807, 2.05) is 0 Å². The number of nitrogens with two attached hydrogens (primary N) is 1. The van der Waals surface area contributed by atoms with Crippen LogP contribution in [0.5, 0.6) is 5.88 Å². The van der Waals surface area contributed by atoms with Gasteiger partial charge in [-0.3, -0.25) is 0 Å². The summed E-state index contributed by atoms with van der Waals surface area (Å²) in [4.78, 5) is 15.0. The smallest absolute Gasteiger partial charge is 0.338 e. The number of hydrogen-bond donors (Lipinski definition) is 2. The minimum absolute atomic E-state index is 0.0437. The second-order valence-electron chi connectivity index (χ2n) is 5.42. The molecule has 1 aliphatic rings. The average molecular weight is 264 g/mol. The molecule has 1 aromatic rings. The van der Waals surface area contributed by atoms with Crippen LogP contribution in [0.4, 0.5) is 5.69 Å². The van der Waals surface area contributed by atoms with E-state index in [1.165, 1.54) is 12.3 Å². The molecule has 1 aromatic heterocycles. The molecule has 0 aromatic carbocycles. The van der Waals surface area contributed by atoms with E-state index in [-0.39, 0.29) is 17.4 Å². The second-order valence-corrected chi connectivity index (χ2v) is 5.42. The van der Waals surface area contributed by atoms with Gasteiger partial charge in [0, 0.05) is 6.07 Å². The summed E-state index contributed by atoms with van der Waals surface area (Å²) in [6, 6.07) is 1.40. The van der Waals surface area contributed by atoms with Gasteiger partial charge in [-0.2, -0.15) is 0 Å². The first-order chi connectivity index (χ1) is 8.97. The highest BCUT2D eigenvalue weighted by atomic mass is 16.5. The lowest BCUT2D eigenvalue weighted by molar-refractivity contribution is 0.0694. The van der Waals surface area contributed by atoms with Gasteiger partial charge in [0.15, 0.2) is 0 Å². The van der Waals surface area contributed by atoms with Crippen LogP contribution in [0.3, 0.4) is 0 Å². The Morgan fingerprint density at radius 2 is 2.16 bits per heavy atom. The van der Waals surface area contributed by atoms with Crippen molar-refractivity contribution in [1.29, 1.82) is 0 Å². The normalized spacial score (nSPS) is 26.9. The van der Waals surface area contributed by atoms with Crippen LogP contribution >= 0.6 is 0 Å². The molecule has 0 saturated heterocycles. The Kier molecular flexibility index (Phi) is 3.93. The molecule has 1 heterocycles. The van der Waals surface area contributed by atoms with E-state index in [4.69, 9.17) is 15.6 Å². The third kappa shape index (κ3) is 3.16. The molecule has 19 heavy (non-hydrogen) atoms. The van der Waals surface area contributed by atoms with E-state index in [1.54, 1.807) is 0 Å². The van der Waals surface area contributed by atoms with Crippen LogP contribution in [0.2, 0.25) is 0 Å². The van der Waals surface area contributed by atoms with E-state index < -0.39 is 5.97 Å². The molecule has 1 aliphatic carbocycles. The van der Waals surface area contributed by atoms with Crippen molar-refractivity contribution in [1.82, 2.24) is 4.98 Å². The first-order valence-electron chi connectivity index (χ1n) is 6.63. The van der Waals surface area contributed by atoms with Gasteiger partial charge in [0.25, 0.3) is 0 Å². The predicted octanol–water partition coefficient (Wildman–Crippen LogP) is 2.57. The van der Waals surface area contributed by atoms with Crippen molar-refractivity contribution >= 4 is 11.7 Å². The predicted molar refractivity (Wildman–Crippen MR) is 72.2 cm³/mol. The second kappa shape index (κ2) is 5.47. The van der Waals surface area contributed by atoms with Crippen LogP contribution in [0.25, 0.3) is 0 Å². The maximum atomic E-state index is 11.0. The molecule has 3 N–H and O–H groups in total. The molecule has 0 bridgehead atoms. The summed E-state index contributed by atoms with van der Waals surface area (Å²) in [6.07, 6.45) is 4.56. The van der Waals surface area contributed by atoms with Crippen molar-refractivity contribution in [3.63, 3.8) is 0 Å². The number of carboxylic acids is 1. The summed E-state index contributed by atoms with van der Waals surface area (Å²) in [6.45, 7) is 4.48. The van der Waals surface area contributed by atoms with E-state index in [0.717, 1.165) is 19.3 Å². The van der Waals surface area contributed by atoms with Crippen molar-refractivity contribution < 1.29 is 14.6 Å². The van der Waals surface area contributed by atoms with Gasteiger partial charge in [0.2, 0.25) is 5.88 Å². The number of carboxylic acid groups (broad SMARTS) is 1. The first kappa shape index (κ1) is 13.6. The fourth-order valence-corrected chi connectivity index (χ4v) is 2.47. The van der Waals surface area contributed by atoms with Gasteiger partial charge < -0.3 is 15.6 Å². The van der Waals surface area contributed by atoms with Crippen molar-refractivity contribution in [2.24, 2.45) is 11.8 Å². The molecular weight excluding hydrogens is 244 g/mol. The summed E-state index contributed by atoms with van der Waals surface area (Å²) >= 11 is 0. The van der Waals surface area contributed by atoms with E-state index >= 15 is 0 Å². The Hall–Kier alpha value is -1.78. The van der Waals surface area contributed by atoms with Crippen LogP contribution in [0.1, 0.15) is 43.5 Å². The number of carbonyl (C=O) groups is 1. The van der Waals surface area contributed by atoms with Gasteiger partial charge in [-0.25, -0.2) is 9.78 Å². The minimum atomic E-state index is -1.06. The monoisotopic (exact) mass is 264 g/mol. The third-order valence-corrected chi connectivity index (χ3v) is 3.98. The fourth-order valence-electron chi connectivity index (χ4n) is 2.47. The zero-order chi connectivity index (χ0) is 14.0. The van der Waals surface area contributed by atoms with Crippen molar-refractivity contribution in [2.75, 3.05) is 5.73 Å². The minimum Gasteiger partial charge on any atom is -0.478 e. The Morgan fingerprint density at radius 3 is 2.79 bits per heavy atom. The third-order valence-electron chi connectivity index (χ3n) is 3.98. The number of hydrogen-bond acceptors (Lipinski definition) is 4. The SMILES string of the molecule is CC1CCC(Oc2cc(C(=O)O)c(N)cn2)CC1C. The molecule has 5 heteroatoms. The van der Waals surface area contributed by atoms with Crippen LogP contribution in [-0.4, -0.2) is 22.2 Å². The fraction of sp³-hybridized carbons (Fsp3) is 0.571. The first-order valence-corrected chi connectivity index (χ1v) is 6.63. The maximum Gasteiger partial charge on any atom is 0.338 e. The summed E-state index contributed by atoms with van der Waals surface area (Å²) in [5, 5.41) is 9.01. The Bertz CT molecular complexity index is 476. The quantitative estimate of drug-likeness (QED) is 0.876. The molecule has 1 saturated carbocycles. The van der Waals surface area contributed by atoms with Crippen LogP contribution in [0.15, 0.2) is 12.3 Å². The van der Waals surface area contributed by atoms with Crippen molar-refractivity contribution in [3.8, 4) is 5.88 Å². The summed E-state index contributed by atoms with van der Waals surface area (Å²) in [5.41, 5.74) is 5.77. The highest BCUT2D eigenvalue weighted by molar-refractivity contribution is 5.93. The zero-order valence-corrected chi connectivity index (χ0v) is 11.3. The van der Waals surface area contributed by atoms with Crippen LogP contribution in [-0.2, 0) is 0 Å². The molecule has 0 radical (unpaired) electrons. The van der Waals surface area contributed by atoms with Crippen LogP contribution in [0, 0.1) is 11.8 Å². The Labute approximate surface area is 112 Å². The molecule has 5 nitrogen and oxygen atoms in total. The Morgan fingerprint density at radius 1 is 1.42 bits per heavy atom. The van der Waals surface area contributed by atoms with Gasteiger partial charge in [-0.05, 0) is 31.1 Å². The van der Waals surface area contributed by atoms with Gasteiger partial charge in [0.05, 0.1) is 17.4 Å². The number of anilines is 1. The maximum absolute atomic E-state index is 11.0. The summed E-state index contributed by atoms with van der Waals surface area (Å²) < 4.78 is 5.79. The summed E-state index contributed by atoms with van der Waals surface area (Å²) in [5.74, 6) is 0.619. The molecule has 3 atom stereocenters. The lowest BCUT2D eigenvalue weighted by Crippen LogP contribution is -2.29. The number of aromatic carboxylic acids is 1.